The van der Waals surface area contributed by atoms with Crippen LogP contribution in [0.2, 0.25) is 0 Å². The lowest BCUT2D eigenvalue weighted by molar-refractivity contribution is 0.260. The van der Waals surface area contributed by atoms with Crippen molar-refractivity contribution in [2.45, 2.75) is 17.9 Å². The first-order chi connectivity index (χ1) is 6.76. The summed E-state index contributed by atoms with van der Waals surface area (Å²) in [7, 11) is 1.87. The van der Waals surface area contributed by atoms with Gasteiger partial charge in [-0.05, 0) is 26.1 Å². The van der Waals surface area contributed by atoms with Crippen LogP contribution in [0.5, 0.6) is 0 Å². The molecule has 1 atom stereocenters. The number of aliphatic hydroxyl groups excluding tert-OH is 1. The maximum atomic E-state index is 8.97. The van der Waals surface area contributed by atoms with Crippen molar-refractivity contribution in [3.63, 3.8) is 0 Å². The number of hydrogen-bond acceptors (Lipinski definition) is 3. The average molecular weight is 211 g/mol. The lowest BCUT2D eigenvalue weighted by Crippen LogP contribution is -2.31. The summed E-state index contributed by atoms with van der Waals surface area (Å²) in [4.78, 5) is 1.25. The van der Waals surface area contributed by atoms with Crippen LogP contribution in [0.15, 0.2) is 29.2 Å². The van der Waals surface area contributed by atoms with E-state index in [4.69, 9.17) is 5.11 Å². The van der Waals surface area contributed by atoms with Gasteiger partial charge in [0.25, 0.3) is 0 Å². The minimum absolute atomic E-state index is 0.182. The van der Waals surface area contributed by atoms with Crippen LogP contribution in [-0.2, 0) is 0 Å². The Labute approximate surface area is 89.7 Å². The molecule has 1 unspecified atom stereocenters. The molecule has 1 rings (SSSR count). The van der Waals surface area contributed by atoms with Gasteiger partial charge in [-0.25, -0.2) is 0 Å². The summed E-state index contributed by atoms with van der Waals surface area (Å²) in [6.45, 7) is 2.27. The molecule has 1 aromatic carbocycles. The molecular formula is C11H17NOS. The highest BCUT2D eigenvalue weighted by Crippen LogP contribution is 2.18. The lowest BCUT2D eigenvalue weighted by atomic mass is 10.2. The van der Waals surface area contributed by atoms with E-state index < -0.39 is 0 Å². The third-order valence-electron chi connectivity index (χ3n) is 2.10. The zero-order valence-corrected chi connectivity index (χ0v) is 9.47. The third kappa shape index (κ3) is 3.70. The van der Waals surface area contributed by atoms with Crippen molar-refractivity contribution in [1.82, 2.24) is 5.32 Å². The first kappa shape index (κ1) is 11.6. The SMILES string of the molecule is CNC(CO)CSc1ccc(C)cc1. The molecule has 0 saturated carbocycles. The van der Waals surface area contributed by atoms with Crippen LogP contribution in [0.1, 0.15) is 5.56 Å². The molecule has 78 valence electrons. The second-order valence-electron chi connectivity index (χ2n) is 3.29. The van der Waals surface area contributed by atoms with Crippen LogP contribution in [-0.4, -0.2) is 30.6 Å². The highest BCUT2D eigenvalue weighted by molar-refractivity contribution is 7.99. The molecule has 3 heteroatoms. The van der Waals surface area contributed by atoms with Crippen LogP contribution in [0.4, 0.5) is 0 Å². The van der Waals surface area contributed by atoms with Gasteiger partial charge in [-0.15, -0.1) is 11.8 Å². The van der Waals surface area contributed by atoms with Gasteiger partial charge in [0.1, 0.15) is 0 Å². The fraction of sp³-hybridized carbons (Fsp3) is 0.455. The standard InChI is InChI=1S/C11H17NOS/c1-9-3-5-11(6-4-9)14-8-10(7-13)12-2/h3-6,10,12-13H,7-8H2,1-2H3. The van der Waals surface area contributed by atoms with Crippen molar-refractivity contribution < 1.29 is 5.11 Å². The Bertz CT molecular complexity index is 256. The van der Waals surface area contributed by atoms with E-state index in [1.165, 1.54) is 10.5 Å². The predicted octanol–water partition coefficient (Wildman–Crippen LogP) is 1.67. The molecule has 0 bridgehead atoms. The Hall–Kier alpha value is -0.510. The molecule has 0 spiro atoms. The van der Waals surface area contributed by atoms with E-state index in [1.807, 2.05) is 7.05 Å². The quantitative estimate of drug-likeness (QED) is 0.727. The van der Waals surface area contributed by atoms with Gasteiger partial charge in [0.2, 0.25) is 0 Å². The third-order valence-corrected chi connectivity index (χ3v) is 3.28. The zero-order valence-electron chi connectivity index (χ0n) is 8.66. The Morgan fingerprint density at radius 2 is 2.00 bits per heavy atom. The van der Waals surface area contributed by atoms with Crippen LogP contribution >= 0.6 is 11.8 Å². The highest BCUT2D eigenvalue weighted by Gasteiger charge is 2.04. The van der Waals surface area contributed by atoms with Gasteiger partial charge in [-0.1, -0.05) is 17.7 Å². The van der Waals surface area contributed by atoms with Gasteiger partial charge in [0, 0.05) is 16.7 Å². The van der Waals surface area contributed by atoms with Crippen molar-refractivity contribution in [3.05, 3.63) is 29.8 Å². The maximum absolute atomic E-state index is 8.97. The molecule has 0 aliphatic rings. The average Bonchev–Trinajstić information content (AvgIpc) is 2.22. The van der Waals surface area contributed by atoms with E-state index in [9.17, 15) is 0 Å². The minimum atomic E-state index is 0.182. The molecule has 0 radical (unpaired) electrons. The van der Waals surface area contributed by atoms with Crippen molar-refractivity contribution in [2.24, 2.45) is 0 Å². The van der Waals surface area contributed by atoms with E-state index in [-0.39, 0.29) is 12.6 Å². The zero-order chi connectivity index (χ0) is 10.4. The van der Waals surface area contributed by atoms with Crippen molar-refractivity contribution in [3.8, 4) is 0 Å². The Kier molecular flexibility index (Phi) is 5.01. The molecule has 1 aromatic rings. The van der Waals surface area contributed by atoms with Crippen molar-refractivity contribution in [1.29, 1.82) is 0 Å². The van der Waals surface area contributed by atoms with Gasteiger partial charge < -0.3 is 10.4 Å². The number of rotatable bonds is 5. The van der Waals surface area contributed by atoms with E-state index in [2.05, 4.69) is 36.5 Å². The summed E-state index contributed by atoms with van der Waals surface area (Å²) < 4.78 is 0. The highest BCUT2D eigenvalue weighted by atomic mass is 32.2. The van der Waals surface area contributed by atoms with E-state index >= 15 is 0 Å². The molecule has 0 fully saturated rings. The van der Waals surface area contributed by atoms with Gasteiger partial charge in [-0.2, -0.15) is 0 Å². The topological polar surface area (TPSA) is 32.3 Å². The van der Waals surface area contributed by atoms with Crippen LogP contribution in [0.25, 0.3) is 0 Å². The second kappa shape index (κ2) is 6.06. The predicted molar refractivity (Wildman–Crippen MR) is 61.8 cm³/mol. The first-order valence-electron chi connectivity index (χ1n) is 4.74. The summed E-state index contributed by atoms with van der Waals surface area (Å²) in [6, 6.07) is 8.63. The van der Waals surface area contributed by atoms with E-state index in [1.54, 1.807) is 11.8 Å². The summed E-state index contributed by atoms with van der Waals surface area (Å²) >= 11 is 1.76. The van der Waals surface area contributed by atoms with Crippen LogP contribution in [0.3, 0.4) is 0 Å². The monoisotopic (exact) mass is 211 g/mol. The van der Waals surface area contributed by atoms with Gasteiger partial charge >= 0.3 is 0 Å². The molecule has 0 saturated heterocycles. The van der Waals surface area contributed by atoms with Gasteiger partial charge in [0.05, 0.1) is 6.61 Å². The summed E-state index contributed by atoms with van der Waals surface area (Å²) in [5.74, 6) is 0.899. The van der Waals surface area contributed by atoms with Gasteiger partial charge in [-0.3, -0.25) is 0 Å². The maximum Gasteiger partial charge on any atom is 0.0592 e. The molecule has 0 aliphatic heterocycles. The van der Waals surface area contributed by atoms with Crippen molar-refractivity contribution >= 4 is 11.8 Å². The second-order valence-corrected chi connectivity index (χ2v) is 4.39. The number of hydrogen-bond donors (Lipinski definition) is 2. The number of benzene rings is 1. The Morgan fingerprint density at radius 1 is 1.36 bits per heavy atom. The molecule has 2 N–H and O–H groups in total. The molecule has 0 amide bonds. The molecule has 14 heavy (non-hydrogen) atoms. The Morgan fingerprint density at radius 3 is 2.50 bits per heavy atom. The van der Waals surface area contributed by atoms with E-state index in [0.29, 0.717) is 0 Å². The Balaban J connectivity index is 2.41. The number of thioether (sulfide) groups is 1. The van der Waals surface area contributed by atoms with Crippen LogP contribution in [0, 0.1) is 6.92 Å². The largest absolute Gasteiger partial charge is 0.395 e. The molecule has 0 aromatic heterocycles. The molecular weight excluding hydrogens is 194 g/mol. The summed E-state index contributed by atoms with van der Waals surface area (Å²) in [5.41, 5.74) is 1.28. The fourth-order valence-corrected chi connectivity index (χ4v) is 2.05. The number of aliphatic hydroxyl groups is 1. The lowest BCUT2D eigenvalue weighted by Gasteiger charge is -2.12. The fourth-order valence-electron chi connectivity index (χ4n) is 1.06. The van der Waals surface area contributed by atoms with E-state index in [0.717, 1.165) is 5.75 Å². The van der Waals surface area contributed by atoms with Crippen molar-refractivity contribution in [2.75, 3.05) is 19.4 Å². The molecule has 0 aliphatic carbocycles. The minimum Gasteiger partial charge on any atom is -0.395 e. The number of nitrogens with one attached hydrogen (secondary N) is 1. The van der Waals surface area contributed by atoms with Crippen LogP contribution < -0.4 is 5.32 Å². The molecule has 2 nitrogen and oxygen atoms in total. The summed E-state index contributed by atoms with van der Waals surface area (Å²) in [5, 5.41) is 12.0. The summed E-state index contributed by atoms with van der Waals surface area (Å²) in [6.07, 6.45) is 0. The first-order valence-corrected chi connectivity index (χ1v) is 5.72. The number of aryl methyl sites for hydroxylation is 1. The number of likely N-dealkylation sites (N-methyl/N-ethyl adjacent to an activating group) is 1. The van der Waals surface area contributed by atoms with Gasteiger partial charge in [0.15, 0.2) is 0 Å². The normalized spacial score (nSPS) is 12.8. The smallest absolute Gasteiger partial charge is 0.0592 e. The molecule has 0 heterocycles.